The standard InChI is InChI=1S/C10H19NO2/c1-3-10(5-6-10)8-11-7-9(12)13-4-2/h11H,3-8H2,1-2H3. The Morgan fingerprint density at radius 2 is 2.15 bits per heavy atom. The van der Waals surface area contributed by atoms with Gasteiger partial charge in [-0.25, -0.2) is 0 Å². The molecule has 0 saturated heterocycles. The van der Waals surface area contributed by atoms with E-state index < -0.39 is 0 Å². The van der Waals surface area contributed by atoms with Crippen LogP contribution in [0.15, 0.2) is 0 Å². The van der Waals surface area contributed by atoms with E-state index in [1.54, 1.807) is 0 Å². The van der Waals surface area contributed by atoms with E-state index in [-0.39, 0.29) is 5.97 Å². The average Bonchev–Trinajstić information content (AvgIpc) is 2.86. The second kappa shape index (κ2) is 4.61. The van der Waals surface area contributed by atoms with Crippen LogP contribution in [-0.2, 0) is 9.53 Å². The van der Waals surface area contributed by atoms with Gasteiger partial charge in [0, 0.05) is 6.54 Å². The third-order valence-corrected chi connectivity index (χ3v) is 2.78. The van der Waals surface area contributed by atoms with Crippen molar-refractivity contribution in [3.8, 4) is 0 Å². The van der Waals surface area contributed by atoms with Gasteiger partial charge in [-0.3, -0.25) is 4.79 Å². The normalized spacial score (nSPS) is 18.3. The summed E-state index contributed by atoms with van der Waals surface area (Å²) in [5, 5.41) is 3.15. The van der Waals surface area contributed by atoms with Crippen LogP contribution in [0.1, 0.15) is 33.1 Å². The summed E-state index contributed by atoms with van der Waals surface area (Å²) in [7, 11) is 0. The summed E-state index contributed by atoms with van der Waals surface area (Å²) >= 11 is 0. The highest BCUT2D eigenvalue weighted by molar-refractivity contribution is 5.71. The van der Waals surface area contributed by atoms with E-state index in [9.17, 15) is 4.79 Å². The molecular formula is C10H19NO2. The first-order valence-electron chi connectivity index (χ1n) is 5.09. The molecule has 0 amide bonds. The SMILES string of the molecule is CCOC(=O)CNCC1(CC)CC1. The van der Waals surface area contributed by atoms with Crippen LogP contribution in [0.3, 0.4) is 0 Å². The molecule has 1 saturated carbocycles. The van der Waals surface area contributed by atoms with Crippen molar-refractivity contribution in [3.63, 3.8) is 0 Å². The maximum absolute atomic E-state index is 11.0. The van der Waals surface area contributed by atoms with E-state index in [1.165, 1.54) is 19.3 Å². The van der Waals surface area contributed by atoms with Crippen molar-refractivity contribution < 1.29 is 9.53 Å². The lowest BCUT2D eigenvalue weighted by Gasteiger charge is -2.12. The Labute approximate surface area is 79.8 Å². The minimum absolute atomic E-state index is 0.144. The fraction of sp³-hybridized carbons (Fsp3) is 0.900. The van der Waals surface area contributed by atoms with Gasteiger partial charge in [-0.2, -0.15) is 0 Å². The van der Waals surface area contributed by atoms with Gasteiger partial charge in [-0.05, 0) is 31.6 Å². The number of carbonyl (C=O) groups excluding carboxylic acids is 1. The topological polar surface area (TPSA) is 38.3 Å². The van der Waals surface area contributed by atoms with Gasteiger partial charge in [0.1, 0.15) is 0 Å². The van der Waals surface area contributed by atoms with Gasteiger partial charge in [0.2, 0.25) is 0 Å². The van der Waals surface area contributed by atoms with Gasteiger partial charge >= 0.3 is 5.97 Å². The molecule has 1 aliphatic carbocycles. The van der Waals surface area contributed by atoms with Crippen molar-refractivity contribution in [2.75, 3.05) is 19.7 Å². The molecule has 0 radical (unpaired) electrons. The molecule has 0 aliphatic heterocycles. The lowest BCUT2D eigenvalue weighted by molar-refractivity contribution is -0.142. The number of hydrogen-bond donors (Lipinski definition) is 1. The van der Waals surface area contributed by atoms with Crippen LogP contribution < -0.4 is 5.32 Å². The highest BCUT2D eigenvalue weighted by Crippen LogP contribution is 2.47. The minimum Gasteiger partial charge on any atom is -0.465 e. The second-order valence-corrected chi connectivity index (χ2v) is 3.76. The zero-order valence-corrected chi connectivity index (χ0v) is 8.56. The summed E-state index contributed by atoms with van der Waals surface area (Å²) < 4.78 is 4.81. The van der Waals surface area contributed by atoms with Crippen LogP contribution in [0.5, 0.6) is 0 Å². The summed E-state index contributed by atoms with van der Waals surface area (Å²) in [6.45, 7) is 5.82. The molecule has 1 aliphatic rings. The number of ether oxygens (including phenoxy) is 1. The Morgan fingerprint density at radius 1 is 1.46 bits per heavy atom. The van der Waals surface area contributed by atoms with Crippen molar-refractivity contribution >= 4 is 5.97 Å². The van der Waals surface area contributed by atoms with Crippen LogP contribution in [-0.4, -0.2) is 25.7 Å². The zero-order valence-electron chi connectivity index (χ0n) is 8.56. The molecule has 0 unspecified atom stereocenters. The van der Waals surface area contributed by atoms with Crippen LogP contribution in [0.4, 0.5) is 0 Å². The summed E-state index contributed by atoms with van der Waals surface area (Å²) in [4.78, 5) is 11.0. The van der Waals surface area contributed by atoms with Gasteiger partial charge in [-0.1, -0.05) is 6.92 Å². The first-order valence-corrected chi connectivity index (χ1v) is 5.09. The Hall–Kier alpha value is -0.570. The van der Waals surface area contributed by atoms with Gasteiger partial charge in [0.25, 0.3) is 0 Å². The molecule has 0 aromatic rings. The molecule has 3 nitrogen and oxygen atoms in total. The molecule has 0 aromatic carbocycles. The van der Waals surface area contributed by atoms with Crippen molar-refractivity contribution in [1.82, 2.24) is 5.32 Å². The maximum atomic E-state index is 11.0. The quantitative estimate of drug-likeness (QED) is 0.634. The van der Waals surface area contributed by atoms with E-state index in [4.69, 9.17) is 4.74 Å². The minimum atomic E-state index is -0.144. The van der Waals surface area contributed by atoms with Gasteiger partial charge in [0.15, 0.2) is 0 Å². The maximum Gasteiger partial charge on any atom is 0.319 e. The molecule has 0 bridgehead atoms. The predicted molar refractivity (Wildman–Crippen MR) is 51.5 cm³/mol. The van der Waals surface area contributed by atoms with Crippen molar-refractivity contribution in [2.45, 2.75) is 33.1 Å². The fourth-order valence-corrected chi connectivity index (χ4v) is 1.47. The number of esters is 1. The Kier molecular flexibility index (Phi) is 3.72. The largest absolute Gasteiger partial charge is 0.465 e. The highest BCUT2D eigenvalue weighted by Gasteiger charge is 2.39. The molecule has 0 heterocycles. The van der Waals surface area contributed by atoms with E-state index in [2.05, 4.69) is 12.2 Å². The molecule has 3 heteroatoms. The molecule has 76 valence electrons. The fourth-order valence-electron chi connectivity index (χ4n) is 1.47. The van der Waals surface area contributed by atoms with Gasteiger partial charge in [0.05, 0.1) is 13.2 Å². The molecule has 0 atom stereocenters. The molecule has 0 spiro atoms. The third-order valence-electron chi connectivity index (χ3n) is 2.78. The summed E-state index contributed by atoms with van der Waals surface area (Å²) in [5.41, 5.74) is 0.506. The first-order chi connectivity index (χ1) is 6.22. The number of nitrogens with one attached hydrogen (secondary N) is 1. The number of hydrogen-bond acceptors (Lipinski definition) is 3. The summed E-state index contributed by atoms with van der Waals surface area (Å²) in [6, 6.07) is 0. The number of carbonyl (C=O) groups is 1. The molecule has 0 aromatic heterocycles. The Bertz CT molecular complexity index is 176. The molecule has 13 heavy (non-hydrogen) atoms. The Morgan fingerprint density at radius 3 is 2.62 bits per heavy atom. The summed E-state index contributed by atoms with van der Waals surface area (Å²) in [6.07, 6.45) is 3.82. The van der Waals surface area contributed by atoms with Crippen molar-refractivity contribution in [3.05, 3.63) is 0 Å². The van der Waals surface area contributed by atoms with Gasteiger partial charge < -0.3 is 10.1 Å². The first kappa shape index (κ1) is 10.5. The lowest BCUT2D eigenvalue weighted by atomic mass is 10.0. The highest BCUT2D eigenvalue weighted by atomic mass is 16.5. The van der Waals surface area contributed by atoms with Crippen LogP contribution >= 0.6 is 0 Å². The van der Waals surface area contributed by atoms with Crippen LogP contribution in [0.25, 0.3) is 0 Å². The molecular weight excluding hydrogens is 166 g/mol. The Balaban J connectivity index is 2.03. The van der Waals surface area contributed by atoms with E-state index in [0.717, 1.165) is 6.54 Å². The number of rotatable bonds is 6. The average molecular weight is 185 g/mol. The van der Waals surface area contributed by atoms with E-state index in [0.29, 0.717) is 18.6 Å². The molecule has 1 N–H and O–H groups in total. The van der Waals surface area contributed by atoms with Crippen molar-refractivity contribution in [2.24, 2.45) is 5.41 Å². The van der Waals surface area contributed by atoms with E-state index in [1.807, 2.05) is 6.92 Å². The van der Waals surface area contributed by atoms with Gasteiger partial charge in [-0.15, -0.1) is 0 Å². The van der Waals surface area contributed by atoms with Crippen LogP contribution in [0, 0.1) is 5.41 Å². The molecule has 1 rings (SSSR count). The third kappa shape index (κ3) is 3.35. The van der Waals surface area contributed by atoms with Crippen LogP contribution in [0.2, 0.25) is 0 Å². The zero-order chi connectivity index (χ0) is 9.73. The molecule has 1 fully saturated rings. The predicted octanol–water partition coefficient (Wildman–Crippen LogP) is 1.33. The van der Waals surface area contributed by atoms with Crippen molar-refractivity contribution in [1.29, 1.82) is 0 Å². The lowest BCUT2D eigenvalue weighted by Crippen LogP contribution is -2.30. The smallest absolute Gasteiger partial charge is 0.319 e. The van der Waals surface area contributed by atoms with E-state index >= 15 is 0 Å². The summed E-state index contributed by atoms with van der Waals surface area (Å²) in [5.74, 6) is -0.144. The monoisotopic (exact) mass is 185 g/mol. The second-order valence-electron chi connectivity index (χ2n) is 3.76.